The first-order chi connectivity index (χ1) is 16.7. The van der Waals surface area contributed by atoms with Gasteiger partial charge in [0.15, 0.2) is 0 Å². The number of aromatic nitrogens is 4. The maximum Gasteiger partial charge on any atom is 0.101 e. The van der Waals surface area contributed by atoms with Crippen LogP contribution in [0.1, 0.15) is 52.5 Å². The van der Waals surface area contributed by atoms with E-state index in [9.17, 15) is 5.26 Å². The fourth-order valence-electron chi connectivity index (χ4n) is 5.36. The first-order valence-corrected chi connectivity index (χ1v) is 11.9. The van der Waals surface area contributed by atoms with Crippen molar-refractivity contribution in [3.8, 4) is 6.07 Å². The zero-order valence-corrected chi connectivity index (χ0v) is 19.3. The summed E-state index contributed by atoms with van der Waals surface area (Å²) in [7, 11) is 0. The Morgan fingerprint density at radius 3 is 2.76 bits per heavy atom. The third kappa shape index (κ3) is 3.61. The van der Waals surface area contributed by atoms with Gasteiger partial charge in [-0.15, -0.1) is 0 Å². The van der Waals surface area contributed by atoms with Gasteiger partial charge in [-0.25, -0.2) is 0 Å². The molecule has 0 radical (unpaired) electrons. The zero-order valence-electron chi connectivity index (χ0n) is 19.3. The Balaban J connectivity index is 1.25. The van der Waals surface area contributed by atoms with Gasteiger partial charge in [-0.1, -0.05) is 6.07 Å². The van der Waals surface area contributed by atoms with E-state index in [2.05, 4.69) is 51.1 Å². The molecule has 1 aromatic carbocycles. The lowest BCUT2D eigenvalue weighted by Gasteiger charge is -2.22. The molecule has 3 aromatic heterocycles. The summed E-state index contributed by atoms with van der Waals surface area (Å²) in [5, 5.41) is 18.8. The van der Waals surface area contributed by atoms with Crippen molar-refractivity contribution in [1.82, 2.24) is 25.1 Å². The van der Waals surface area contributed by atoms with Gasteiger partial charge in [-0.05, 0) is 68.8 Å². The molecule has 1 N–H and O–H groups in total. The molecule has 7 heteroatoms. The third-order valence-corrected chi connectivity index (χ3v) is 7.20. The van der Waals surface area contributed by atoms with Crippen molar-refractivity contribution < 1.29 is 0 Å². The van der Waals surface area contributed by atoms with Crippen molar-refractivity contribution in [1.29, 1.82) is 5.26 Å². The number of aryl methyl sites for hydroxylation is 1. The average molecular weight is 450 g/mol. The summed E-state index contributed by atoms with van der Waals surface area (Å²) in [6, 6.07) is 14.6. The second kappa shape index (κ2) is 8.54. The Kier molecular flexibility index (Phi) is 5.23. The van der Waals surface area contributed by atoms with E-state index in [0.29, 0.717) is 11.5 Å². The number of piperidine rings is 1. The molecule has 0 amide bonds. The van der Waals surface area contributed by atoms with Gasteiger partial charge in [-0.2, -0.15) is 10.4 Å². The van der Waals surface area contributed by atoms with Gasteiger partial charge in [-0.3, -0.25) is 14.6 Å². The van der Waals surface area contributed by atoms with Gasteiger partial charge < -0.3 is 10.2 Å². The summed E-state index contributed by atoms with van der Waals surface area (Å²) < 4.78 is 2.13. The molecule has 0 bridgehead atoms. The summed E-state index contributed by atoms with van der Waals surface area (Å²) in [5.41, 5.74) is 8.48. The topological polar surface area (TPSA) is 82.7 Å². The Bertz CT molecular complexity index is 1390. The van der Waals surface area contributed by atoms with Crippen LogP contribution in [0.3, 0.4) is 0 Å². The summed E-state index contributed by atoms with van der Waals surface area (Å²) in [4.78, 5) is 11.6. The third-order valence-electron chi connectivity index (χ3n) is 7.20. The predicted octanol–water partition coefficient (Wildman–Crippen LogP) is 4.04. The predicted molar refractivity (Wildman–Crippen MR) is 131 cm³/mol. The molecule has 0 atom stereocenters. The van der Waals surface area contributed by atoms with Crippen molar-refractivity contribution in [3.05, 3.63) is 82.6 Å². The van der Waals surface area contributed by atoms with E-state index in [0.717, 1.165) is 67.8 Å². The van der Waals surface area contributed by atoms with Crippen LogP contribution in [0.2, 0.25) is 0 Å². The van der Waals surface area contributed by atoms with Crippen LogP contribution in [-0.2, 0) is 19.6 Å². The number of pyridine rings is 2. The molecule has 0 aliphatic carbocycles. The fourth-order valence-corrected chi connectivity index (χ4v) is 5.36. The zero-order chi connectivity index (χ0) is 23.1. The molecule has 0 saturated carbocycles. The lowest BCUT2D eigenvalue weighted by molar-refractivity contribution is 0.453. The molecule has 1 saturated heterocycles. The number of anilines is 1. The lowest BCUT2D eigenvalue weighted by Crippen LogP contribution is -2.27. The second-order valence-corrected chi connectivity index (χ2v) is 9.28. The van der Waals surface area contributed by atoms with E-state index in [-0.39, 0.29) is 0 Å². The first kappa shape index (κ1) is 20.8. The number of hydrogen-bond acceptors (Lipinski definition) is 6. The van der Waals surface area contributed by atoms with Gasteiger partial charge >= 0.3 is 0 Å². The van der Waals surface area contributed by atoms with Crippen molar-refractivity contribution in [3.63, 3.8) is 0 Å². The van der Waals surface area contributed by atoms with E-state index in [1.807, 2.05) is 24.4 Å². The second-order valence-electron chi connectivity index (χ2n) is 9.28. The molecule has 5 heterocycles. The largest absolute Gasteiger partial charge is 0.361 e. The van der Waals surface area contributed by atoms with Gasteiger partial charge in [0.1, 0.15) is 6.07 Å². The number of hydrogen-bond donors (Lipinski definition) is 1. The highest BCUT2D eigenvalue weighted by molar-refractivity contribution is 5.95. The number of nitriles is 1. The molecule has 34 heavy (non-hydrogen) atoms. The monoisotopic (exact) mass is 449 g/mol. The van der Waals surface area contributed by atoms with Crippen molar-refractivity contribution >= 4 is 16.6 Å². The van der Waals surface area contributed by atoms with Crippen LogP contribution in [0.15, 0.2) is 48.8 Å². The lowest BCUT2D eigenvalue weighted by atomic mass is 9.94. The van der Waals surface area contributed by atoms with E-state index in [4.69, 9.17) is 10.1 Å². The number of benzene rings is 1. The molecule has 4 aromatic rings. The van der Waals surface area contributed by atoms with Crippen molar-refractivity contribution in [2.45, 2.75) is 45.3 Å². The Labute approximate surface area is 199 Å². The van der Waals surface area contributed by atoms with Gasteiger partial charge in [0.05, 0.1) is 35.6 Å². The van der Waals surface area contributed by atoms with Crippen LogP contribution >= 0.6 is 0 Å². The number of rotatable bonds is 4. The SMILES string of the molecule is Cc1nn(Cc2ccc(C3CCNCC3)nc2)c2c1CN(c1ccc(C#N)c3ncccc13)C2. The van der Waals surface area contributed by atoms with E-state index >= 15 is 0 Å². The molecule has 7 nitrogen and oxygen atoms in total. The molecule has 2 aliphatic rings. The summed E-state index contributed by atoms with van der Waals surface area (Å²) in [5.74, 6) is 0.566. The molecule has 170 valence electrons. The number of fused-ring (bicyclic) bond motifs is 2. The smallest absolute Gasteiger partial charge is 0.101 e. The van der Waals surface area contributed by atoms with Gasteiger partial charge in [0.2, 0.25) is 0 Å². The highest BCUT2D eigenvalue weighted by atomic mass is 15.3. The van der Waals surface area contributed by atoms with Crippen LogP contribution in [0.4, 0.5) is 5.69 Å². The molecular formula is C27H27N7. The van der Waals surface area contributed by atoms with Gasteiger partial charge in [0, 0.05) is 47.2 Å². The van der Waals surface area contributed by atoms with Crippen LogP contribution in [-0.4, -0.2) is 32.8 Å². The Morgan fingerprint density at radius 2 is 1.97 bits per heavy atom. The molecule has 0 spiro atoms. The fraction of sp³-hybridized carbons (Fsp3) is 0.333. The quantitative estimate of drug-likeness (QED) is 0.506. The Morgan fingerprint density at radius 1 is 1.09 bits per heavy atom. The molecule has 0 unspecified atom stereocenters. The van der Waals surface area contributed by atoms with E-state index < -0.39 is 0 Å². The van der Waals surface area contributed by atoms with Crippen molar-refractivity contribution in [2.24, 2.45) is 0 Å². The number of nitrogens with zero attached hydrogens (tertiary/aromatic N) is 6. The summed E-state index contributed by atoms with van der Waals surface area (Å²) in [6.45, 7) is 6.56. The number of nitrogens with one attached hydrogen (secondary N) is 1. The van der Waals surface area contributed by atoms with Crippen LogP contribution in [0.5, 0.6) is 0 Å². The highest BCUT2D eigenvalue weighted by Gasteiger charge is 2.28. The maximum atomic E-state index is 9.48. The van der Waals surface area contributed by atoms with Crippen LogP contribution in [0.25, 0.3) is 10.9 Å². The molecule has 6 rings (SSSR count). The van der Waals surface area contributed by atoms with Crippen LogP contribution in [0, 0.1) is 18.3 Å². The summed E-state index contributed by atoms with van der Waals surface area (Å²) >= 11 is 0. The van der Waals surface area contributed by atoms with Crippen LogP contribution < -0.4 is 10.2 Å². The average Bonchev–Trinajstić information content (AvgIpc) is 3.45. The molecule has 1 fully saturated rings. The molecular weight excluding hydrogens is 422 g/mol. The minimum absolute atomic E-state index is 0.566. The highest BCUT2D eigenvalue weighted by Crippen LogP contribution is 2.35. The summed E-state index contributed by atoms with van der Waals surface area (Å²) in [6.07, 6.45) is 6.09. The normalized spacial score (nSPS) is 16.1. The van der Waals surface area contributed by atoms with Gasteiger partial charge in [0.25, 0.3) is 0 Å². The minimum atomic E-state index is 0.566. The van der Waals surface area contributed by atoms with Crippen molar-refractivity contribution in [2.75, 3.05) is 18.0 Å². The Hall–Kier alpha value is -3.76. The minimum Gasteiger partial charge on any atom is -0.361 e. The maximum absolute atomic E-state index is 9.48. The first-order valence-electron chi connectivity index (χ1n) is 11.9. The standard InChI is InChI=1S/C27H27N7/c1-18-23-16-33(25-7-5-21(13-28)27-22(25)3-2-10-30-27)17-26(23)34(32-18)15-19-4-6-24(31-14-19)20-8-11-29-12-9-20/h2-7,10,14,20,29H,8-9,11-12,15-17H2,1H3. The molecule has 2 aliphatic heterocycles. The van der Waals surface area contributed by atoms with E-state index in [1.54, 1.807) is 6.20 Å². The van der Waals surface area contributed by atoms with E-state index in [1.165, 1.54) is 22.5 Å².